The number of benzene rings is 2. The van der Waals surface area contributed by atoms with Crippen LogP contribution in [0.25, 0.3) is 16.8 Å². The van der Waals surface area contributed by atoms with Gasteiger partial charge in [0.15, 0.2) is 6.10 Å². The van der Waals surface area contributed by atoms with Gasteiger partial charge in [0.25, 0.3) is 5.91 Å². The summed E-state index contributed by atoms with van der Waals surface area (Å²) in [5.74, 6) is -2.70. The molecule has 0 unspecified atom stereocenters. The molecule has 0 saturated heterocycles. The van der Waals surface area contributed by atoms with Crippen LogP contribution in [0.5, 0.6) is 0 Å². The number of nitrogens with one attached hydrogen (secondary N) is 1. The number of nitrogen functional groups attached to an aromatic ring is 1. The number of rotatable bonds is 4. The third kappa shape index (κ3) is 3.71. The number of anilines is 2. The number of nitrogens with zero attached hydrogens (tertiary/aromatic N) is 3. The highest BCUT2D eigenvalue weighted by Crippen LogP contribution is 2.31. The van der Waals surface area contributed by atoms with Crippen molar-refractivity contribution in [3.8, 4) is 11.3 Å². The third-order valence-corrected chi connectivity index (χ3v) is 4.78. The third-order valence-electron chi connectivity index (χ3n) is 4.78. The summed E-state index contributed by atoms with van der Waals surface area (Å²) < 4.78 is 53.0. The van der Waals surface area contributed by atoms with Crippen LogP contribution in [-0.4, -0.2) is 25.4 Å². The van der Waals surface area contributed by atoms with Crippen molar-refractivity contribution >= 4 is 22.9 Å². The fraction of sp³-hybridized carbons (Fsp3) is 0.136. The van der Waals surface area contributed by atoms with E-state index in [9.17, 15) is 18.7 Å². The number of aryl methyl sites for hydroxylation is 2. The molecule has 0 radical (unpaired) electrons. The molecule has 7 nitrogen and oxygen atoms in total. The van der Waals surface area contributed by atoms with Gasteiger partial charge in [-0.25, -0.2) is 18.7 Å². The van der Waals surface area contributed by atoms with Gasteiger partial charge in [-0.3, -0.25) is 9.20 Å². The van der Waals surface area contributed by atoms with Gasteiger partial charge in [0.2, 0.25) is 0 Å². The topological polar surface area (TPSA) is 106 Å². The summed E-state index contributed by atoms with van der Waals surface area (Å²) in [6, 6.07) is 8.56. The number of carbonyl (C=O) groups is 1. The van der Waals surface area contributed by atoms with Crippen molar-refractivity contribution in [1.82, 2.24) is 14.4 Å². The summed E-state index contributed by atoms with van der Waals surface area (Å²) >= 11 is 0. The summed E-state index contributed by atoms with van der Waals surface area (Å²) in [6.45, 7) is -0.928. The van der Waals surface area contributed by atoms with Crippen molar-refractivity contribution < 1.29 is 22.8 Å². The second-order valence-corrected chi connectivity index (χ2v) is 6.89. The lowest BCUT2D eigenvalue weighted by molar-refractivity contribution is -0.124. The predicted molar refractivity (Wildman–Crippen MR) is 112 cm³/mol. The van der Waals surface area contributed by atoms with Crippen molar-refractivity contribution in [2.75, 3.05) is 11.1 Å². The predicted octanol–water partition coefficient (Wildman–Crippen LogP) is 3.55. The second kappa shape index (κ2) is 7.77. The molecule has 158 valence electrons. The Labute approximate surface area is 180 Å². The van der Waals surface area contributed by atoms with E-state index in [0.29, 0.717) is 5.69 Å². The second-order valence-electron chi connectivity index (χ2n) is 6.89. The number of hydrogen-bond donors (Lipinski definition) is 3. The Morgan fingerprint density at radius 1 is 1.29 bits per heavy atom. The lowest BCUT2D eigenvalue weighted by atomic mass is 10.1. The Bertz CT molecular complexity index is 1420. The van der Waals surface area contributed by atoms with Crippen LogP contribution in [0.2, 0.25) is 0 Å². The molecule has 4 rings (SSSR count). The molecule has 0 saturated carbocycles. The molecule has 0 fully saturated rings. The highest BCUT2D eigenvalue weighted by molar-refractivity contribution is 5.95. The molecule has 0 aliphatic heterocycles. The van der Waals surface area contributed by atoms with Crippen LogP contribution in [0, 0.1) is 25.4 Å². The summed E-state index contributed by atoms with van der Waals surface area (Å²) in [4.78, 5) is 20.6. The molecule has 1 atom stereocenters. The largest absolute Gasteiger partial charge is 0.382 e. The maximum atomic E-state index is 14.9. The Morgan fingerprint density at radius 3 is 2.81 bits per heavy atom. The highest BCUT2D eigenvalue weighted by Gasteiger charge is 2.21. The van der Waals surface area contributed by atoms with Gasteiger partial charge in [-0.1, -0.05) is 18.2 Å². The number of fused-ring (bicyclic) bond motifs is 1. The highest BCUT2D eigenvalue weighted by atomic mass is 19.1. The van der Waals surface area contributed by atoms with E-state index in [-0.39, 0.29) is 39.7 Å². The molecule has 31 heavy (non-hydrogen) atoms. The molecule has 4 aromatic rings. The molecular formula is C22H19F2N5O2. The monoisotopic (exact) mass is 426 g/mol. The van der Waals surface area contributed by atoms with Crippen molar-refractivity contribution in [3.05, 3.63) is 77.4 Å². The molecule has 2 aromatic heterocycles. The summed E-state index contributed by atoms with van der Waals surface area (Å²) in [6.07, 6.45) is -0.311. The minimum Gasteiger partial charge on any atom is -0.382 e. The molecular weight excluding hydrogens is 404 g/mol. The van der Waals surface area contributed by atoms with E-state index in [2.05, 4.69) is 15.3 Å². The fourth-order valence-corrected chi connectivity index (χ4v) is 3.28. The zero-order chi connectivity index (χ0) is 24.8. The molecule has 4 N–H and O–H groups in total. The van der Waals surface area contributed by atoms with Gasteiger partial charge in [-0.05, 0) is 43.6 Å². The van der Waals surface area contributed by atoms with Crippen LogP contribution in [-0.2, 0) is 4.79 Å². The van der Waals surface area contributed by atoms with Gasteiger partial charge in [0.05, 0.1) is 5.69 Å². The lowest BCUT2D eigenvalue weighted by Crippen LogP contribution is -2.21. The van der Waals surface area contributed by atoms with Gasteiger partial charge in [0, 0.05) is 21.6 Å². The first-order valence-electron chi connectivity index (χ1n) is 10.7. The lowest BCUT2D eigenvalue weighted by Gasteiger charge is -2.13. The molecule has 2 heterocycles. The summed E-state index contributed by atoms with van der Waals surface area (Å²) in [5.41, 5.74) is 6.75. The van der Waals surface area contributed by atoms with Gasteiger partial charge in [0.1, 0.15) is 34.5 Å². The molecule has 0 bridgehead atoms. The van der Waals surface area contributed by atoms with Gasteiger partial charge in [-0.15, -0.1) is 0 Å². The molecule has 0 aliphatic carbocycles. The Balaban J connectivity index is 1.70. The normalized spacial score (nSPS) is 14.0. The number of nitrogens with two attached hydrogens (primary N) is 1. The minimum atomic E-state index is -2.57. The van der Waals surface area contributed by atoms with Crippen LogP contribution in [0.15, 0.2) is 48.7 Å². The zero-order valence-corrected chi connectivity index (χ0v) is 16.2. The first-order valence-corrected chi connectivity index (χ1v) is 9.15. The smallest absolute Gasteiger partial charge is 0.257 e. The number of imidazole rings is 1. The molecule has 9 heteroatoms. The van der Waals surface area contributed by atoms with E-state index in [1.165, 1.54) is 34.9 Å². The summed E-state index contributed by atoms with van der Waals surface area (Å²) in [5, 5.41) is 12.4. The van der Waals surface area contributed by atoms with Gasteiger partial charge >= 0.3 is 0 Å². The van der Waals surface area contributed by atoms with Crippen LogP contribution in [0.1, 0.15) is 27.3 Å². The fourth-order valence-electron chi connectivity index (χ4n) is 3.28. The number of halogens is 2. The Hall–Kier alpha value is -3.85. The van der Waals surface area contributed by atoms with E-state index >= 15 is 0 Å². The first-order chi connectivity index (χ1) is 16.0. The standard InChI is InChI=1S/C22H19F2N5O2/c1-11-10-26-21(25)19-18(27-12(2)29(11)19)13-6-7-17(16(24)9-13)28-22(31)20(30)14-4-3-5-15(23)8-14/h3-10,20,30H,1-2H3,(H2,25,26)(H,28,31)/t20-/m0/s1/i2D3. The quantitative estimate of drug-likeness (QED) is 0.463. The number of aliphatic hydroxyl groups excluding tert-OH is 1. The van der Waals surface area contributed by atoms with Gasteiger partial charge in [-0.2, -0.15) is 0 Å². The van der Waals surface area contributed by atoms with E-state index in [1.807, 2.05) is 0 Å². The molecule has 0 aliphatic rings. The molecule has 2 aromatic carbocycles. The Kier molecular flexibility index (Phi) is 4.23. The van der Waals surface area contributed by atoms with E-state index < -0.39 is 30.5 Å². The number of aromatic nitrogens is 3. The van der Waals surface area contributed by atoms with Crippen molar-refractivity contribution in [2.24, 2.45) is 0 Å². The SMILES string of the molecule is [2H]C([2H])([2H])c1nc(-c2ccc(NC(=O)[C@@H](O)c3cccc(F)c3)c(F)c2)c2c(N)ncc(C)n12. The molecule has 0 spiro atoms. The van der Waals surface area contributed by atoms with Crippen LogP contribution >= 0.6 is 0 Å². The molecule has 1 amide bonds. The van der Waals surface area contributed by atoms with E-state index in [0.717, 1.165) is 18.2 Å². The maximum Gasteiger partial charge on any atom is 0.257 e. The first kappa shape index (κ1) is 16.9. The van der Waals surface area contributed by atoms with Crippen LogP contribution in [0.4, 0.5) is 20.3 Å². The average Bonchev–Trinajstić information content (AvgIpc) is 3.20. The van der Waals surface area contributed by atoms with Crippen molar-refractivity contribution in [1.29, 1.82) is 0 Å². The minimum absolute atomic E-state index is 0.00884. The van der Waals surface area contributed by atoms with E-state index in [4.69, 9.17) is 9.85 Å². The average molecular weight is 426 g/mol. The van der Waals surface area contributed by atoms with Crippen LogP contribution in [0.3, 0.4) is 0 Å². The zero-order valence-electron chi connectivity index (χ0n) is 19.2. The van der Waals surface area contributed by atoms with Crippen LogP contribution < -0.4 is 11.1 Å². The maximum absolute atomic E-state index is 14.9. The van der Waals surface area contributed by atoms with Crippen molar-refractivity contribution in [2.45, 2.75) is 19.9 Å². The number of carbonyl (C=O) groups excluding carboxylic acids is 1. The van der Waals surface area contributed by atoms with Gasteiger partial charge < -0.3 is 16.2 Å². The van der Waals surface area contributed by atoms with E-state index in [1.54, 1.807) is 6.92 Å². The number of hydrogen-bond acceptors (Lipinski definition) is 5. The number of amides is 1. The Morgan fingerprint density at radius 2 is 2.10 bits per heavy atom. The summed E-state index contributed by atoms with van der Waals surface area (Å²) in [7, 11) is 0. The van der Waals surface area contributed by atoms with Crippen molar-refractivity contribution in [3.63, 3.8) is 0 Å². The number of aliphatic hydroxyl groups is 1.